The minimum Gasteiger partial charge on any atom is -0.497 e. The van der Waals surface area contributed by atoms with Crippen LogP contribution in [-0.4, -0.2) is 52.1 Å². The second-order valence-electron chi connectivity index (χ2n) is 7.87. The summed E-state index contributed by atoms with van der Waals surface area (Å²) in [5.41, 5.74) is 2.00. The molecule has 3 aromatic rings. The van der Waals surface area contributed by atoms with Gasteiger partial charge in [0.15, 0.2) is 0 Å². The standard InChI is InChI=1S/C27H29N3O5/c1-29(20-10-14-22(34-3)15-11-20)26(32)24(18-19-8-6-5-7-9-19)28-25(31)27(33)30(2)21-12-16-23(35-4)17-13-21/h5-17,24H,18H2,1-4H3,(H,28,31)/t24-/m0/s1. The zero-order chi connectivity index (χ0) is 25.4. The van der Waals surface area contributed by atoms with Gasteiger partial charge in [0.2, 0.25) is 5.91 Å². The van der Waals surface area contributed by atoms with E-state index in [-0.39, 0.29) is 12.3 Å². The van der Waals surface area contributed by atoms with Crippen molar-refractivity contribution >= 4 is 29.1 Å². The number of nitrogens with zero attached hydrogens (tertiary/aromatic N) is 2. The number of ether oxygens (including phenoxy) is 2. The van der Waals surface area contributed by atoms with Crippen molar-refractivity contribution in [3.63, 3.8) is 0 Å². The van der Waals surface area contributed by atoms with Crippen LogP contribution in [0.2, 0.25) is 0 Å². The van der Waals surface area contributed by atoms with Crippen molar-refractivity contribution in [3.8, 4) is 11.5 Å². The minimum absolute atomic E-state index is 0.228. The Balaban J connectivity index is 1.79. The molecule has 1 atom stereocenters. The highest BCUT2D eigenvalue weighted by molar-refractivity contribution is 6.40. The fourth-order valence-corrected chi connectivity index (χ4v) is 3.51. The number of carbonyl (C=O) groups is 3. The van der Waals surface area contributed by atoms with Crippen molar-refractivity contribution in [1.29, 1.82) is 0 Å². The summed E-state index contributed by atoms with van der Waals surface area (Å²) in [5, 5.41) is 2.64. The molecule has 0 saturated heterocycles. The van der Waals surface area contributed by atoms with Gasteiger partial charge in [0.25, 0.3) is 0 Å². The van der Waals surface area contributed by atoms with Gasteiger partial charge in [0.1, 0.15) is 17.5 Å². The van der Waals surface area contributed by atoms with E-state index in [0.29, 0.717) is 22.9 Å². The van der Waals surface area contributed by atoms with Gasteiger partial charge in [-0.15, -0.1) is 0 Å². The molecule has 1 N–H and O–H groups in total. The van der Waals surface area contributed by atoms with E-state index >= 15 is 0 Å². The molecule has 0 heterocycles. The molecule has 0 aliphatic heterocycles. The number of carbonyl (C=O) groups excluding carboxylic acids is 3. The molecule has 0 radical (unpaired) electrons. The van der Waals surface area contributed by atoms with E-state index in [4.69, 9.17) is 9.47 Å². The first-order chi connectivity index (χ1) is 16.8. The summed E-state index contributed by atoms with van der Waals surface area (Å²) in [6.45, 7) is 0. The summed E-state index contributed by atoms with van der Waals surface area (Å²) in [5.74, 6) is -0.717. The van der Waals surface area contributed by atoms with Gasteiger partial charge in [0, 0.05) is 31.9 Å². The number of rotatable bonds is 8. The second-order valence-corrected chi connectivity index (χ2v) is 7.87. The molecule has 182 valence electrons. The molecule has 0 bridgehead atoms. The average Bonchev–Trinajstić information content (AvgIpc) is 2.91. The number of methoxy groups -OCH3 is 2. The molecule has 0 saturated carbocycles. The van der Waals surface area contributed by atoms with Crippen LogP contribution < -0.4 is 24.6 Å². The van der Waals surface area contributed by atoms with Crippen molar-refractivity contribution in [2.45, 2.75) is 12.5 Å². The van der Waals surface area contributed by atoms with Crippen molar-refractivity contribution in [3.05, 3.63) is 84.4 Å². The predicted molar refractivity (Wildman–Crippen MR) is 135 cm³/mol. The average molecular weight is 476 g/mol. The molecule has 0 fully saturated rings. The van der Waals surface area contributed by atoms with E-state index in [2.05, 4.69) is 5.32 Å². The molecule has 0 unspecified atom stereocenters. The molecule has 3 amide bonds. The number of benzene rings is 3. The van der Waals surface area contributed by atoms with E-state index in [1.807, 2.05) is 30.3 Å². The first kappa shape index (κ1) is 25.3. The largest absolute Gasteiger partial charge is 0.497 e. The number of anilines is 2. The van der Waals surface area contributed by atoms with Crippen LogP contribution in [0.4, 0.5) is 11.4 Å². The Bertz CT molecular complexity index is 1150. The van der Waals surface area contributed by atoms with Crippen LogP contribution in [0.1, 0.15) is 5.56 Å². The molecule has 35 heavy (non-hydrogen) atoms. The molecule has 8 heteroatoms. The lowest BCUT2D eigenvalue weighted by atomic mass is 10.0. The fourth-order valence-electron chi connectivity index (χ4n) is 3.51. The normalized spacial score (nSPS) is 11.2. The summed E-state index contributed by atoms with van der Waals surface area (Å²) >= 11 is 0. The SMILES string of the molecule is COc1ccc(N(C)C(=O)C(=O)N[C@@H](Cc2ccccc2)C(=O)N(C)c2ccc(OC)cc2)cc1. The van der Waals surface area contributed by atoms with Crippen molar-refractivity contribution in [2.24, 2.45) is 0 Å². The molecule has 0 spiro atoms. The van der Waals surface area contributed by atoms with Gasteiger partial charge in [-0.25, -0.2) is 0 Å². The van der Waals surface area contributed by atoms with Crippen molar-refractivity contribution in [1.82, 2.24) is 5.32 Å². The number of hydrogen-bond acceptors (Lipinski definition) is 5. The van der Waals surface area contributed by atoms with Crippen LogP contribution in [0.3, 0.4) is 0 Å². The summed E-state index contributed by atoms with van der Waals surface area (Å²) in [7, 11) is 6.24. The van der Waals surface area contributed by atoms with Gasteiger partial charge >= 0.3 is 11.8 Å². The van der Waals surface area contributed by atoms with Gasteiger partial charge in [-0.2, -0.15) is 0 Å². The summed E-state index contributed by atoms with van der Waals surface area (Å²) < 4.78 is 10.3. The Labute approximate surface area is 205 Å². The van der Waals surface area contributed by atoms with E-state index in [9.17, 15) is 14.4 Å². The molecule has 0 aliphatic carbocycles. The van der Waals surface area contributed by atoms with Crippen LogP contribution in [-0.2, 0) is 20.8 Å². The molecular weight excluding hydrogens is 446 g/mol. The topological polar surface area (TPSA) is 88.2 Å². The molecule has 3 aromatic carbocycles. The Hall–Kier alpha value is -4.33. The molecular formula is C27H29N3O5. The van der Waals surface area contributed by atoms with E-state index in [0.717, 1.165) is 5.56 Å². The van der Waals surface area contributed by atoms with Gasteiger partial charge in [-0.1, -0.05) is 30.3 Å². The molecule has 8 nitrogen and oxygen atoms in total. The van der Waals surface area contributed by atoms with E-state index < -0.39 is 17.9 Å². The van der Waals surface area contributed by atoms with Crippen LogP contribution in [0.25, 0.3) is 0 Å². The van der Waals surface area contributed by atoms with Crippen LogP contribution >= 0.6 is 0 Å². The quantitative estimate of drug-likeness (QED) is 0.506. The zero-order valence-corrected chi connectivity index (χ0v) is 20.2. The third kappa shape index (κ3) is 6.38. The third-order valence-corrected chi connectivity index (χ3v) is 5.63. The Morgan fingerprint density at radius 2 is 1.23 bits per heavy atom. The van der Waals surface area contributed by atoms with Gasteiger partial charge in [0.05, 0.1) is 14.2 Å². The zero-order valence-electron chi connectivity index (χ0n) is 20.2. The lowest BCUT2D eigenvalue weighted by Gasteiger charge is -2.26. The third-order valence-electron chi connectivity index (χ3n) is 5.63. The highest BCUT2D eigenvalue weighted by Gasteiger charge is 2.29. The summed E-state index contributed by atoms with van der Waals surface area (Å²) in [6, 6.07) is 22.1. The van der Waals surface area contributed by atoms with Crippen molar-refractivity contribution in [2.75, 3.05) is 38.1 Å². The van der Waals surface area contributed by atoms with Gasteiger partial charge in [-0.3, -0.25) is 14.4 Å². The van der Waals surface area contributed by atoms with Gasteiger partial charge in [-0.05, 0) is 54.1 Å². The van der Waals surface area contributed by atoms with Gasteiger partial charge < -0.3 is 24.6 Å². The van der Waals surface area contributed by atoms with E-state index in [1.54, 1.807) is 69.8 Å². The maximum absolute atomic E-state index is 13.4. The fraction of sp³-hybridized carbons (Fsp3) is 0.222. The maximum atomic E-state index is 13.4. The predicted octanol–water partition coefficient (Wildman–Crippen LogP) is 3.06. The number of amides is 3. The number of likely N-dealkylation sites (N-methyl/N-ethyl adjacent to an activating group) is 2. The maximum Gasteiger partial charge on any atom is 0.316 e. The lowest BCUT2D eigenvalue weighted by Crippen LogP contribution is -2.52. The minimum atomic E-state index is -0.954. The lowest BCUT2D eigenvalue weighted by molar-refractivity contribution is -0.138. The van der Waals surface area contributed by atoms with Crippen molar-refractivity contribution < 1.29 is 23.9 Å². The Morgan fingerprint density at radius 3 is 1.71 bits per heavy atom. The summed E-state index contributed by atoms with van der Waals surface area (Å²) in [4.78, 5) is 41.9. The van der Waals surface area contributed by atoms with Crippen LogP contribution in [0.15, 0.2) is 78.9 Å². The Kier molecular flexibility index (Phi) is 8.45. The highest BCUT2D eigenvalue weighted by atomic mass is 16.5. The van der Waals surface area contributed by atoms with Crippen LogP contribution in [0, 0.1) is 0 Å². The first-order valence-corrected chi connectivity index (χ1v) is 11.0. The van der Waals surface area contributed by atoms with E-state index in [1.165, 1.54) is 16.8 Å². The number of nitrogens with one attached hydrogen (secondary N) is 1. The molecule has 3 rings (SSSR count). The number of hydrogen-bond donors (Lipinski definition) is 1. The smallest absolute Gasteiger partial charge is 0.316 e. The van der Waals surface area contributed by atoms with Crippen LogP contribution in [0.5, 0.6) is 11.5 Å². The molecule has 0 aromatic heterocycles. The highest BCUT2D eigenvalue weighted by Crippen LogP contribution is 2.20. The monoisotopic (exact) mass is 475 g/mol. The summed E-state index contributed by atoms with van der Waals surface area (Å²) in [6.07, 6.45) is 0.228. The molecule has 0 aliphatic rings. The second kappa shape index (κ2) is 11.7. The first-order valence-electron chi connectivity index (χ1n) is 11.0. The Morgan fingerprint density at radius 1 is 0.743 bits per heavy atom.